The summed E-state index contributed by atoms with van der Waals surface area (Å²) in [5.41, 5.74) is 16.3. The highest BCUT2D eigenvalue weighted by atomic mass is 32.2. The number of carbonyl (C=O) groups excluding carboxylic acids is 3. The highest BCUT2D eigenvalue weighted by Crippen LogP contribution is 2.34. The van der Waals surface area contributed by atoms with E-state index in [1.807, 2.05) is 24.3 Å². The number of fused-ring (bicyclic) bond motifs is 2. The molecule has 35 heteroatoms. The molecular formula is C46H76F4N10O20S. The first-order valence-corrected chi connectivity index (χ1v) is 25.8. The molecule has 4 fully saturated rings. The van der Waals surface area contributed by atoms with Gasteiger partial charge >= 0.3 is 18.2 Å². The van der Waals surface area contributed by atoms with Gasteiger partial charge in [0.1, 0.15) is 66.5 Å². The zero-order chi connectivity index (χ0) is 60.8. The number of carboxylic acid groups (broad SMARTS) is 2. The molecule has 0 aromatic carbocycles. The maximum Gasteiger partial charge on any atom is 0.490 e. The van der Waals surface area contributed by atoms with Crippen molar-refractivity contribution in [3.8, 4) is 0 Å². The number of carbonyl (C=O) groups is 5. The Morgan fingerprint density at radius 2 is 1.20 bits per heavy atom. The molecule has 0 saturated carbocycles. The van der Waals surface area contributed by atoms with Gasteiger partial charge in [-0.05, 0) is 58.5 Å². The number of allylic oxidation sites excluding steroid dienone is 2. The van der Waals surface area contributed by atoms with Crippen LogP contribution in [-0.4, -0.2) is 253 Å². The fourth-order valence-corrected chi connectivity index (χ4v) is 9.17. The summed E-state index contributed by atoms with van der Waals surface area (Å²) in [5.74, 6) is -3.89. The van der Waals surface area contributed by atoms with Crippen molar-refractivity contribution in [2.75, 3.05) is 45.6 Å². The predicted molar refractivity (Wildman–Crippen MR) is 275 cm³/mol. The molecule has 6 heterocycles. The Bertz CT molecular complexity index is 2140. The number of rotatable bonds is 12. The van der Waals surface area contributed by atoms with Gasteiger partial charge in [0.25, 0.3) is 6.47 Å². The van der Waals surface area contributed by atoms with Gasteiger partial charge in [0, 0.05) is 53.2 Å². The van der Waals surface area contributed by atoms with Crippen LogP contribution in [0.2, 0.25) is 0 Å². The number of amides is 3. The van der Waals surface area contributed by atoms with Crippen LogP contribution in [0.1, 0.15) is 54.9 Å². The average Bonchev–Trinajstić information content (AvgIpc) is 3.81. The van der Waals surface area contributed by atoms with Crippen LogP contribution in [0, 0.1) is 11.8 Å². The Labute approximate surface area is 467 Å². The molecule has 13 N–H and O–H groups in total. The van der Waals surface area contributed by atoms with E-state index in [4.69, 9.17) is 54.5 Å². The van der Waals surface area contributed by atoms with E-state index in [-0.39, 0.29) is 70.2 Å². The largest absolute Gasteiger partial charge is 0.490 e. The minimum absolute atomic E-state index is 0. The van der Waals surface area contributed by atoms with E-state index >= 15 is 0 Å². The van der Waals surface area contributed by atoms with Crippen LogP contribution >= 0.6 is 12.1 Å². The second kappa shape index (κ2) is 35.1. The van der Waals surface area contributed by atoms with Gasteiger partial charge in [-0.25, -0.2) is 9.59 Å². The zero-order valence-electron chi connectivity index (χ0n) is 44.2. The van der Waals surface area contributed by atoms with Crippen LogP contribution in [0.25, 0.3) is 20.9 Å². The number of aliphatic hydroxyl groups is 8. The van der Waals surface area contributed by atoms with Crippen LogP contribution in [0.4, 0.5) is 21.9 Å². The summed E-state index contributed by atoms with van der Waals surface area (Å²) in [6.45, 7) is 8.50. The molecular weight excluding hydrogens is 1120 g/mol. The molecule has 4 saturated heterocycles. The van der Waals surface area contributed by atoms with Gasteiger partial charge in [0.15, 0.2) is 0 Å². The molecule has 0 aliphatic carbocycles. The van der Waals surface area contributed by atoms with Gasteiger partial charge in [0.2, 0.25) is 11.8 Å². The molecule has 20 atom stereocenters. The van der Waals surface area contributed by atoms with Crippen molar-refractivity contribution in [3.63, 3.8) is 0 Å². The number of likely N-dealkylation sites (tertiary alicyclic amines) is 1. The molecule has 30 nitrogen and oxygen atoms in total. The fraction of sp³-hybridized carbons (Fsp3) is 0.804. The van der Waals surface area contributed by atoms with Crippen molar-refractivity contribution < 1.29 is 116 Å². The lowest BCUT2D eigenvalue weighted by Crippen LogP contribution is -2.67. The molecule has 0 aromatic heterocycles. The van der Waals surface area contributed by atoms with Crippen LogP contribution in [0.3, 0.4) is 0 Å². The first-order chi connectivity index (χ1) is 37.5. The predicted octanol–water partition coefficient (Wildman–Crippen LogP) is -0.257. The van der Waals surface area contributed by atoms with Crippen molar-refractivity contribution in [3.05, 3.63) is 45.2 Å². The first kappa shape index (κ1) is 73.8. The second-order valence-corrected chi connectivity index (χ2v) is 20.0. The Hall–Kier alpha value is -5.20. The van der Waals surface area contributed by atoms with Crippen LogP contribution in [-0.2, 0) is 42.9 Å². The maximum atomic E-state index is 13.7. The first-order valence-electron chi connectivity index (χ1n) is 24.6. The number of azide groups is 2. The highest BCUT2D eigenvalue weighted by Gasteiger charge is 2.53. The third-order valence-corrected chi connectivity index (χ3v) is 12.9. The molecule has 6 aliphatic rings. The maximum absolute atomic E-state index is 13.7. The molecule has 464 valence electrons. The number of hydrogen-bond acceptors (Lipinski definition) is 22. The molecule has 0 spiro atoms. The van der Waals surface area contributed by atoms with Crippen molar-refractivity contribution in [2.24, 2.45) is 22.1 Å². The number of nitrogens with one attached hydrogen (secondary N) is 3. The van der Waals surface area contributed by atoms with Crippen molar-refractivity contribution in [2.45, 2.75) is 176 Å². The number of ether oxygens (including phenoxy) is 5. The van der Waals surface area contributed by atoms with Gasteiger partial charge in [-0.3, -0.25) is 19.3 Å². The number of halogens is 4. The molecule has 6 rings (SSSR count). The van der Waals surface area contributed by atoms with Gasteiger partial charge in [0.05, 0.1) is 75.0 Å². The highest BCUT2D eigenvalue weighted by molar-refractivity contribution is 7.93. The number of aliphatic carboxylic acids is 1. The van der Waals surface area contributed by atoms with E-state index in [1.165, 1.54) is 25.0 Å². The molecule has 0 radical (unpaired) electrons. The number of carboxylic acids is 1. The lowest BCUT2D eigenvalue weighted by atomic mass is 9.89. The molecule has 0 bridgehead atoms. The summed E-state index contributed by atoms with van der Waals surface area (Å²) < 4.78 is 70.5. The third kappa shape index (κ3) is 21.8. The van der Waals surface area contributed by atoms with E-state index < -0.39 is 139 Å². The summed E-state index contributed by atoms with van der Waals surface area (Å²) in [6.07, 6.45) is -13.3. The van der Waals surface area contributed by atoms with Crippen LogP contribution in [0.5, 0.6) is 0 Å². The Morgan fingerprint density at radius 1 is 0.790 bits per heavy atom. The zero-order valence-corrected chi connectivity index (χ0v) is 45.0. The molecule has 0 aromatic rings. The van der Waals surface area contributed by atoms with E-state index in [0.717, 1.165) is 6.42 Å². The Balaban J connectivity index is 0.000000667. The van der Waals surface area contributed by atoms with Gasteiger partial charge in [-0.1, -0.05) is 42.0 Å². The van der Waals surface area contributed by atoms with Crippen LogP contribution < -0.4 is 16.0 Å². The summed E-state index contributed by atoms with van der Waals surface area (Å²) >= 11 is 0.250. The molecule has 81 heavy (non-hydrogen) atoms. The van der Waals surface area contributed by atoms with E-state index in [9.17, 15) is 72.3 Å². The number of alkyl halides is 3. The Morgan fingerprint density at radius 3 is 1.59 bits per heavy atom. The number of aliphatic hydroxyl groups excluding tert-OH is 8. The Kier molecular flexibility index (Phi) is 31.9. The fourth-order valence-electron chi connectivity index (χ4n) is 9.17. The van der Waals surface area contributed by atoms with Crippen molar-refractivity contribution in [1.29, 1.82) is 0 Å². The third-order valence-electron chi connectivity index (χ3n) is 12.9. The minimum Gasteiger partial charge on any atom is -0.483 e. The quantitative estimate of drug-likeness (QED) is 0.0299. The summed E-state index contributed by atoms with van der Waals surface area (Å²) in [4.78, 5) is 63.5. The van der Waals surface area contributed by atoms with Gasteiger partial charge < -0.3 is 90.7 Å². The average molecular weight is 1200 g/mol. The van der Waals surface area contributed by atoms with Crippen molar-refractivity contribution in [1.82, 2.24) is 20.9 Å². The van der Waals surface area contributed by atoms with Gasteiger partial charge in [-0.15, -0.1) is 0 Å². The lowest BCUT2D eigenvalue weighted by Gasteiger charge is -2.44. The summed E-state index contributed by atoms with van der Waals surface area (Å²) in [6, 6.07) is -4.10. The van der Waals surface area contributed by atoms with Crippen LogP contribution in [0.15, 0.2) is 34.5 Å². The lowest BCUT2D eigenvalue weighted by molar-refractivity contribution is -0.230. The second-order valence-electron chi connectivity index (χ2n) is 19.7. The van der Waals surface area contributed by atoms with E-state index in [0.29, 0.717) is 19.6 Å². The van der Waals surface area contributed by atoms with E-state index in [1.54, 1.807) is 20.8 Å². The standard InChI is InChI=1S/C23H37N5O9.C18H29N5O7.C2HF3O2.CH3FS.CH2O2.CH4/c1-11(29)14(20-18(32)17(31)16(30)13(36-20)9-25-27-24)26-21(33)15-19-12(7-5-6-8-35-19)10-28(15)22(34)37-23(2,3)4;1-8(24)11(17-15(27)14(26)13(25)10(30-17)7-21-23-19)22-18(28)12-16-9(6-20-12)4-2-3-5-29-16;3-2(4,5)1(6)7;1-3-2;2-1-3;/h5-6,11-20,29-32H,7-10H2,1-4H3,(H,26,33);2-3,8-17,20,24-27H,4-7H2,1H3,(H,22,28);(H,6,7);1H3;1H,(H,2,3);1H4/t11-,12+,13?,14-,15+,16+,17+,18?,19-,20-;8-,9+,10?,11-,12+,13+,14+,15?,16-,17-;;;;/m11..../s1. The SMILES string of the molecule is C.CSF.C[C@@H](O)[C@@H](NC(=O)[C@@H]1[C@@H]2OCC=CC[C@H]2CN1C(=O)OC(C)(C)C)[C@H]1OC(CN=[N+]=[N-])[C@H](O)[C@H](O)C1O.C[C@@H](O)[C@@H](NC(=O)[C@H]1NC[C@@H]2CC=CCO[C@H]21)[C@H]1OC(CN=[N+]=[N-])[C@H](O)[C@H](O)C1O.O=C(O)C(F)(F)F.O=CO. The smallest absolute Gasteiger partial charge is 0.483 e. The topological polar surface area (TPSA) is 471 Å². The minimum atomic E-state index is -5.08. The molecule has 6 aliphatic heterocycles. The normalized spacial score (nSPS) is 32.6. The monoisotopic (exact) mass is 1200 g/mol. The van der Waals surface area contributed by atoms with E-state index in [2.05, 4.69) is 36.0 Å². The number of nitrogens with zero attached hydrogens (tertiary/aromatic N) is 7. The number of hydrogen-bond donors (Lipinski definition) is 13. The summed E-state index contributed by atoms with van der Waals surface area (Å²) in [7, 11) is 0. The molecule has 3 amide bonds. The molecule has 4 unspecified atom stereocenters. The summed E-state index contributed by atoms with van der Waals surface area (Å²) in [5, 5.41) is 112. The van der Waals surface area contributed by atoms with Gasteiger partial charge in [-0.2, -0.15) is 17.1 Å². The van der Waals surface area contributed by atoms with Crippen molar-refractivity contribution >= 4 is 42.5 Å².